The predicted molar refractivity (Wildman–Crippen MR) is 64.3 cm³/mol. The Morgan fingerprint density at radius 2 is 1.93 bits per heavy atom. The van der Waals surface area contributed by atoms with E-state index in [1.165, 1.54) is 15.0 Å². The summed E-state index contributed by atoms with van der Waals surface area (Å²) >= 11 is 1.94. The fourth-order valence-electron chi connectivity index (χ4n) is 0.966. The van der Waals surface area contributed by atoms with Crippen molar-refractivity contribution in [1.29, 1.82) is 0 Å². The van der Waals surface area contributed by atoms with Gasteiger partial charge in [-0.05, 0) is 32.4 Å². The number of nitrogen functional groups attached to an aromatic ring is 1. The topological polar surface area (TPSA) is 26.0 Å². The Hall–Kier alpha value is -0.550. The highest BCUT2D eigenvalue weighted by Crippen LogP contribution is 2.31. The molecule has 1 rings (SSSR count). The molecule has 0 aliphatic rings. The van der Waals surface area contributed by atoms with Crippen LogP contribution in [-0.4, -0.2) is 0 Å². The minimum absolute atomic E-state index is 0.0626. The molecule has 6 heteroatoms. The van der Waals surface area contributed by atoms with Gasteiger partial charge in [-0.15, -0.1) is 0 Å². The van der Waals surface area contributed by atoms with Gasteiger partial charge in [-0.1, -0.05) is 5.92 Å². The summed E-state index contributed by atoms with van der Waals surface area (Å²) in [6.45, 7) is 0. The summed E-state index contributed by atoms with van der Waals surface area (Å²) in [6, 6.07) is 3.29. The molecule has 0 saturated carbocycles. The van der Waals surface area contributed by atoms with Crippen molar-refractivity contribution in [1.82, 2.24) is 0 Å². The molecule has 2 N–H and O–H groups in total. The molecule has 0 amide bonds. The molecule has 0 aromatic heterocycles. The van der Waals surface area contributed by atoms with Crippen molar-refractivity contribution in [2.45, 2.75) is 6.18 Å². The lowest BCUT2D eigenvalue weighted by atomic mass is 10.1. The Bertz CT molecular complexity index is 420. The van der Waals surface area contributed by atoms with Crippen molar-refractivity contribution in [3.05, 3.63) is 29.3 Å². The zero-order valence-corrected chi connectivity index (χ0v) is 10.2. The first kappa shape index (κ1) is 12.5. The highest BCUT2D eigenvalue weighted by molar-refractivity contribution is 14.2. The van der Waals surface area contributed by atoms with Gasteiger partial charge in [0, 0.05) is 32.5 Å². The molecule has 0 unspecified atom stereocenters. The second-order valence-corrected chi connectivity index (χ2v) is 4.33. The SMILES string of the molecule is Nc1cc(C#CSI)cc(C(F)(F)F)c1. The van der Waals surface area contributed by atoms with E-state index in [0.29, 0.717) is 0 Å². The summed E-state index contributed by atoms with van der Waals surface area (Å²) < 4.78 is 37.1. The Balaban J connectivity index is 3.17. The van der Waals surface area contributed by atoms with Gasteiger partial charge in [0.15, 0.2) is 0 Å². The molecule has 0 radical (unpaired) electrons. The van der Waals surface area contributed by atoms with E-state index < -0.39 is 11.7 Å². The molecule has 0 aliphatic carbocycles. The van der Waals surface area contributed by atoms with E-state index in [-0.39, 0.29) is 11.3 Å². The van der Waals surface area contributed by atoms with E-state index in [0.717, 1.165) is 12.1 Å². The van der Waals surface area contributed by atoms with Crippen molar-refractivity contribution in [2.24, 2.45) is 0 Å². The molecule has 15 heavy (non-hydrogen) atoms. The highest BCUT2D eigenvalue weighted by atomic mass is 127. The van der Waals surface area contributed by atoms with Gasteiger partial charge in [0.05, 0.1) is 5.56 Å². The number of benzene rings is 1. The number of hydrogen-bond acceptors (Lipinski definition) is 2. The van der Waals surface area contributed by atoms with Gasteiger partial charge in [0.25, 0.3) is 0 Å². The van der Waals surface area contributed by atoms with Crippen LogP contribution < -0.4 is 5.73 Å². The Labute approximate surface area is 101 Å². The third-order valence-electron chi connectivity index (χ3n) is 1.52. The maximum absolute atomic E-state index is 12.4. The number of nitrogens with two attached hydrogens (primary N) is 1. The maximum Gasteiger partial charge on any atom is 0.416 e. The van der Waals surface area contributed by atoms with Crippen LogP contribution in [0.4, 0.5) is 18.9 Å². The summed E-state index contributed by atoms with van der Waals surface area (Å²) in [5.74, 6) is 2.57. The lowest BCUT2D eigenvalue weighted by molar-refractivity contribution is -0.137. The van der Waals surface area contributed by atoms with Crippen LogP contribution in [0.3, 0.4) is 0 Å². The number of hydrogen-bond donors (Lipinski definition) is 1. The molecule has 0 saturated heterocycles. The number of alkyl halides is 3. The van der Waals surface area contributed by atoms with Gasteiger partial charge in [-0.3, -0.25) is 0 Å². The molecule has 0 heterocycles. The summed E-state index contributed by atoms with van der Waals surface area (Å²) in [5.41, 5.74) is 4.91. The smallest absolute Gasteiger partial charge is 0.399 e. The van der Waals surface area contributed by atoms with Gasteiger partial charge in [0.2, 0.25) is 0 Å². The first-order valence-corrected chi connectivity index (χ1v) is 7.06. The second-order valence-electron chi connectivity index (χ2n) is 2.65. The molecule has 1 aromatic carbocycles. The summed E-state index contributed by atoms with van der Waals surface area (Å²) in [7, 11) is 1.20. The van der Waals surface area contributed by atoms with E-state index in [1.807, 2.05) is 21.2 Å². The largest absolute Gasteiger partial charge is 0.416 e. The Morgan fingerprint density at radius 3 is 2.47 bits per heavy atom. The van der Waals surface area contributed by atoms with Gasteiger partial charge >= 0.3 is 6.18 Å². The maximum atomic E-state index is 12.4. The zero-order valence-electron chi connectivity index (χ0n) is 7.23. The van der Waals surface area contributed by atoms with Crippen LogP contribution in [0.25, 0.3) is 0 Å². The van der Waals surface area contributed by atoms with E-state index in [4.69, 9.17) is 5.73 Å². The molecular formula is C9H5F3INS. The molecule has 1 aromatic rings. The Morgan fingerprint density at radius 1 is 1.27 bits per heavy atom. The van der Waals surface area contributed by atoms with Crippen LogP contribution in [0.1, 0.15) is 11.1 Å². The van der Waals surface area contributed by atoms with Crippen LogP contribution in [0.2, 0.25) is 0 Å². The number of halogens is 4. The Kier molecular flexibility index (Phi) is 4.16. The zero-order chi connectivity index (χ0) is 11.5. The third kappa shape index (κ3) is 3.83. The van der Waals surface area contributed by atoms with E-state index in [1.54, 1.807) is 0 Å². The second kappa shape index (κ2) is 4.99. The normalized spacial score (nSPS) is 10.7. The van der Waals surface area contributed by atoms with Crippen LogP contribution in [-0.2, 0) is 6.18 Å². The third-order valence-corrected chi connectivity index (χ3v) is 2.36. The molecule has 0 spiro atoms. The summed E-state index contributed by atoms with van der Waals surface area (Å²) in [4.78, 5) is 0. The van der Waals surface area contributed by atoms with Crippen molar-refractivity contribution in [3.63, 3.8) is 0 Å². The van der Waals surface area contributed by atoms with Gasteiger partial charge in [-0.25, -0.2) is 0 Å². The van der Waals surface area contributed by atoms with Crippen molar-refractivity contribution in [3.8, 4) is 11.2 Å². The minimum Gasteiger partial charge on any atom is -0.399 e. The van der Waals surface area contributed by atoms with Gasteiger partial charge in [0.1, 0.15) is 0 Å². The van der Waals surface area contributed by atoms with Crippen LogP contribution in [0.5, 0.6) is 0 Å². The van der Waals surface area contributed by atoms with Crippen LogP contribution in [0, 0.1) is 11.2 Å². The fourth-order valence-corrected chi connectivity index (χ4v) is 1.45. The van der Waals surface area contributed by atoms with Crippen LogP contribution in [0.15, 0.2) is 18.2 Å². The molecular weight excluding hydrogens is 338 g/mol. The first-order valence-electron chi connectivity index (χ1n) is 3.70. The quantitative estimate of drug-likeness (QED) is 0.442. The molecule has 0 bridgehead atoms. The standard InChI is InChI=1S/C9H5F3INS/c10-9(11,12)7-3-6(1-2-15-13)4-8(14)5-7/h3-5H,14H2. The molecule has 0 atom stereocenters. The van der Waals surface area contributed by atoms with Gasteiger partial charge in [-0.2, -0.15) is 13.2 Å². The minimum atomic E-state index is -4.39. The molecule has 0 fully saturated rings. The van der Waals surface area contributed by atoms with E-state index in [9.17, 15) is 13.2 Å². The molecule has 80 valence electrons. The van der Waals surface area contributed by atoms with E-state index >= 15 is 0 Å². The van der Waals surface area contributed by atoms with Crippen molar-refractivity contribution < 1.29 is 13.2 Å². The van der Waals surface area contributed by atoms with Crippen LogP contribution >= 0.6 is 30.1 Å². The number of anilines is 1. The van der Waals surface area contributed by atoms with E-state index in [2.05, 4.69) is 11.2 Å². The summed E-state index contributed by atoms with van der Waals surface area (Å²) in [6.07, 6.45) is -4.39. The lowest BCUT2D eigenvalue weighted by Crippen LogP contribution is -2.06. The number of rotatable bonds is 0. The predicted octanol–water partition coefficient (Wildman–Crippen LogP) is 3.68. The molecule has 0 aliphatic heterocycles. The lowest BCUT2D eigenvalue weighted by Gasteiger charge is -2.07. The van der Waals surface area contributed by atoms with Gasteiger partial charge < -0.3 is 5.73 Å². The molecule has 1 nitrogen and oxygen atoms in total. The summed E-state index contributed by atoms with van der Waals surface area (Å²) in [5, 5.41) is 2.60. The van der Waals surface area contributed by atoms with Crippen molar-refractivity contribution >= 4 is 35.8 Å². The monoisotopic (exact) mass is 343 g/mol. The highest BCUT2D eigenvalue weighted by Gasteiger charge is 2.30. The average Bonchev–Trinajstić information content (AvgIpc) is 2.12. The average molecular weight is 343 g/mol. The fraction of sp³-hybridized carbons (Fsp3) is 0.111. The van der Waals surface area contributed by atoms with Crippen molar-refractivity contribution in [2.75, 3.05) is 5.73 Å². The first-order chi connectivity index (χ1) is 6.93.